The van der Waals surface area contributed by atoms with E-state index in [0.717, 1.165) is 0 Å². The Morgan fingerprint density at radius 3 is 2.62 bits per heavy atom. The van der Waals surface area contributed by atoms with Crippen LogP contribution in [0, 0.1) is 0 Å². The van der Waals surface area contributed by atoms with Crippen molar-refractivity contribution in [3.63, 3.8) is 0 Å². The number of nitrogens with one attached hydrogen (secondary N) is 1. The fourth-order valence-electron chi connectivity index (χ4n) is 1.86. The minimum absolute atomic E-state index is 0.260. The fraction of sp³-hybridized carbons (Fsp3) is 0.188. The highest BCUT2D eigenvalue weighted by Crippen LogP contribution is 2.27. The van der Waals surface area contributed by atoms with E-state index in [2.05, 4.69) is 5.32 Å². The number of hydrogen-bond acceptors (Lipinski definition) is 3. The van der Waals surface area contributed by atoms with E-state index in [4.69, 9.17) is 21.1 Å². The largest absolute Gasteiger partial charge is 0.495 e. The maximum atomic E-state index is 12.2. The number of amides is 1. The number of anilines is 1. The van der Waals surface area contributed by atoms with Crippen LogP contribution >= 0.6 is 11.6 Å². The molecule has 0 fully saturated rings. The molecular weight excluding hydrogens is 290 g/mol. The Labute approximate surface area is 128 Å². The van der Waals surface area contributed by atoms with Crippen LogP contribution in [0.5, 0.6) is 11.5 Å². The molecule has 0 saturated carbocycles. The fourth-order valence-corrected chi connectivity index (χ4v) is 2.09. The molecule has 0 aliphatic carbocycles. The van der Waals surface area contributed by atoms with Gasteiger partial charge in [-0.15, -0.1) is 0 Å². The van der Waals surface area contributed by atoms with Crippen LogP contribution in [0.1, 0.15) is 17.3 Å². The molecule has 1 N–H and O–H groups in total. The summed E-state index contributed by atoms with van der Waals surface area (Å²) in [6.07, 6.45) is 0. The van der Waals surface area contributed by atoms with Crippen LogP contribution in [-0.2, 0) is 0 Å². The quantitative estimate of drug-likeness (QED) is 0.908. The molecule has 2 rings (SSSR count). The van der Waals surface area contributed by atoms with E-state index in [1.54, 1.807) is 37.4 Å². The zero-order valence-corrected chi connectivity index (χ0v) is 12.6. The molecule has 0 aromatic heterocycles. The molecule has 0 radical (unpaired) electrons. The molecule has 2 aromatic carbocycles. The Balaban J connectivity index is 2.19. The molecule has 0 atom stereocenters. The number of carbonyl (C=O) groups is 1. The van der Waals surface area contributed by atoms with Gasteiger partial charge in [-0.1, -0.05) is 23.7 Å². The van der Waals surface area contributed by atoms with E-state index >= 15 is 0 Å². The van der Waals surface area contributed by atoms with Gasteiger partial charge in [0.25, 0.3) is 5.91 Å². The summed E-state index contributed by atoms with van der Waals surface area (Å²) in [6.45, 7) is 2.39. The van der Waals surface area contributed by atoms with Crippen molar-refractivity contribution in [1.29, 1.82) is 0 Å². The lowest BCUT2D eigenvalue weighted by molar-refractivity contribution is 0.102. The molecular formula is C16H16ClNO3. The summed E-state index contributed by atoms with van der Waals surface area (Å²) in [5, 5.41) is 3.20. The van der Waals surface area contributed by atoms with Gasteiger partial charge >= 0.3 is 0 Å². The molecule has 0 aliphatic rings. The number of para-hydroxylation sites is 2. The van der Waals surface area contributed by atoms with Crippen LogP contribution < -0.4 is 14.8 Å². The first-order valence-corrected chi connectivity index (χ1v) is 6.90. The summed E-state index contributed by atoms with van der Waals surface area (Å²) in [4.78, 5) is 12.2. The maximum Gasteiger partial charge on any atom is 0.255 e. The van der Waals surface area contributed by atoms with Gasteiger partial charge in [-0.2, -0.15) is 0 Å². The number of halogens is 1. The van der Waals surface area contributed by atoms with Gasteiger partial charge in [0.05, 0.1) is 24.4 Å². The van der Waals surface area contributed by atoms with Gasteiger partial charge in [0, 0.05) is 5.56 Å². The molecule has 4 nitrogen and oxygen atoms in total. The first kappa shape index (κ1) is 15.2. The predicted molar refractivity (Wildman–Crippen MR) is 83.6 cm³/mol. The van der Waals surface area contributed by atoms with Crippen LogP contribution in [-0.4, -0.2) is 19.6 Å². The molecule has 110 valence electrons. The summed E-state index contributed by atoms with van der Waals surface area (Å²) < 4.78 is 10.5. The average molecular weight is 306 g/mol. The molecule has 0 saturated heterocycles. The lowest BCUT2D eigenvalue weighted by atomic mass is 10.2. The number of rotatable bonds is 5. The first-order valence-electron chi connectivity index (χ1n) is 6.52. The summed E-state index contributed by atoms with van der Waals surface area (Å²) in [6, 6.07) is 12.1. The smallest absolute Gasteiger partial charge is 0.255 e. The summed E-state index contributed by atoms with van der Waals surface area (Å²) in [5.41, 5.74) is 1.06. The van der Waals surface area contributed by atoms with Gasteiger partial charge in [0.15, 0.2) is 0 Å². The summed E-state index contributed by atoms with van der Waals surface area (Å²) in [7, 11) is 1.55. The number of methoxy groups -OCH3 is 1. The van der Waals surface area contributed by atoms with E-state index in [9.17, 15) is 4.79 Å². The third-order valence-electron chi connectivity index (χ3n) is 2.85. The zero-order chi connectivity index (χ0) is 15.2. The highest BCUT2D eigenvalue weighted by molar-refractivity contribution is 6.32. The number of ether oxygens (including phenoxy) is 2. The number of hydrogen-bond donors (Lipinski definition) is 1. The van der Waals surface area contributed by atoms with Crippen molar-refractivity contribution in [2.45, 2.75) is 6.92 Å². The van der Waals surface area contributed by atoms with Gasteiger partial charge in [-0.25, -0.2) is 0 Å². The second-order valence-electron chi connectivity index (χ2n) is 4.23. The van der Waals surface area contributed by atoms with Gasteiger partial charge in [-0.3, -0.25) is 4.79 Å². The lowest BCUT2D eigenvalue weighted by Crippen LogP contribution is -2.12. The Hall–Kier alpha value is -2.20. The van der Waals surface area contributed by atoms with Gasteiger partial charge < -0.3 is 14.8 Å². The van der Waals surface area contributed by atoms with Crippen molar-refractivity contribution in [2.75, 3.05) is 19.0 Å². The maximum absolute atomic E-state index is 12.2. The molecule has 1 amide bonds. The van der Waals surface area contributed by atoms with Crippen LogP contribution in [0.25, 0.3) is 0 Å². The molecule has 0 spiro atoms. The van der Waals surface area contributed by atoms with E-state index in [-0.39, 0.29) is 5.91 Å². The van der Waals surface area contributed by atoms with Crippen molar-refractivity contribution < 1.29 is 14.3 Å². The number of benzene rings is 2. The van der Waals surface area contributed by atoms with Crippen molar-refractivity contribution >= 4 is 23.2 Å². The SMILES string of the molecule is CCOc1ccc(C(=O)Nc2ccccc2OC)cc1Cl. The highest BCUT2D eigenvalue weighted by Gasteiger charge is 2.11. The third-order valence-corrected chi connectivity index (χ3v) is 3.14. The Bertz CT molecular complexity index is 643. The Kier molecular flexibility index (Phi) is 5.06. The van der Waals surface area contributed by atoms with E-state index in [1.165, 1.54) is 0 Å². The molecule has 0 bridgehead atoms. The van der Waals surface area contributed by atoms with Crippen LogP contribution in [0.2, 0.25) is 5.02 Å². The molecule has 0 heterocycles. The molecule has 5 heteroatoms. The van der Waals surface area contributed by atoms with Crippen molar-refractivity contribution in [1.82, 2.24) is 0 Å². The molecule has 0 unspecified atom stereocenters. The average Bonchev–Trinajstić information content (AvgIpc) is 2.50. The molecule has 21 heavy (non-hydrogen) atoms. The van der Waals surface area contributed by atoms with Crippen molar-refractivity contribution in [3.05, 3.63) is 53.1 Å². The summed E-state index contributed by atoms with van der Waals surface area (Å²) >= 11 is 6.08. The van der Waals surface area contributed by atoms with E-state index < -0.39 is 0 Å². The highest BCUT2D eigenvalue weighted by atomic mass is 35.5. The van der Waals surface area contributed by atoms with E-state index in [0.29, 0.717) is 34.4 Å². The summed E-state index contributed by atoms with van der Waals surface area (Å²) in [5.74, 6) is 0.903. The van der Waals surface area contributed by atoms with E-state index in [1.807, 2.05) is 19.1 Å². The van der Waals surface area contributed by atoms with Crippen molar-refractivity contribution in [3.8, 4) is 11.5 Å². The second-order valence-corrected chi connectivity index (χ2v) is 4.64. The van der Waals surface area contributed by atoms with Gasteiger partial charge in [0.1, 0.15) is 11.5 Å². The molecule has 0 aliphatic heterocycles. The minimum Gasteiger partial charge on any atom is -0.495 e. The predicted octanol–water partition coefficient (Wildman–Crippen LogP) is 4.00. The topological polar surface area (TPSA) is 47.6 Å². The molecule has 2 aromatic rings. The van der Waals surface area contributed by atoms with Crippen LogP contribution in [0.4, 0.5) is 5.69 Å². The first-order chi connectivity index (χ1) is 10.2. The normalized spacial score (nSPS) is 10.0. The monoisotopic (exact) mass is 305 g/mol. The standard InChI is InChI=1S/C16H16ClNO3/c1-3-21-14-9-8-11(10-12(14)17)16(19)18-13-6-4-5-7-15(13)20-2/h4-10H,3H2,1-2H3,(H,18,19). The second kappa shape index (κ2) is 6.99. The minimum atomic E-state index is -0.260. The Morgan fingerprint density at radius 2 is 1.95 bits per heavy atom. The zero-order valence-electron chi connectivity index (χ0n) is 11.9. The van der Waals surface area contributed by atoms with Gasteiger partial charge in [0.2, 0.25) is 0 Å². The van der Waals surface area contributed by atoms with Crippen molar-refractivity contribution in [2.24, 2.45) is 0 Å². The van der Waals surface area contributed by atoms with Crippen LogP contribution in [0.3, 0.4) is 0 Å². The third kappa shape index (κ3) is 3.67. The lowest BCUT2D eigenvalue weighted by Gasteiger charge is -2.11. The Morgan fingerprint density at radius 1 is 1.19 bits per heavy atom. The number of carbonyl (C=O) groups excluding carboxylic acids is 1. The van der Waals surface area contributed by atoms with Gasteiger partial charge in [-0.05, 0) is 37.3 Å². The van der Waals surface area contributed by atoms with Crippen LogP contribution in [0.15, 0.2) is 42.5 Å².